The van der Waals surface area contributed by atoms with E-state index in [-0.39, 0.29) is 41.9 Å². The van der Waals surface area contributed by atoms with Crippen LogP contribution in [0, 0.1) is 11.8 Å². The number of carbonyl (C=O) groups is 2. The Morgan fingerprint density at radius 2 is 1.97 bits per heavy atom. The summed E-state index contributed by atoms with van der Waals surface area (Å²) >= 11 is 0. The number of likely N-dealkylation sites (tertiary alicyclic amines) is 2. The number of aromatic nitrogens is 1. The molecule has 0 radical (unpaired) electrons. The van der Waals surface area contributed by atoms with Crippen LogP contribution in [-0.4, -0.2) is 59.6 Å². The molecular formula is C22H27N3O5. The largest absolute Gasteiger partial charge is 0.384 e. The zero-order chi connectivity index (χ0) is 21.1. The Hall–Kier alpha value is -2.87. The lowest BCUT2D eigenvalue weighted by molar-refractivity contribution is -0.137. The van der Waals surface area contributed by atoms with E-state index < -0.39 is 0 Å². The molecule has 160 valence electrons. The first kappa shape index (κ1) is 20.4. The lowest BCUT2D eigenvalue weighted by atomic mass is 9.89. The van der Waals surface area contributed by atoms with Gasteiger partial charge in [-0.15, -0.1) is 0 Å². The van der Waals surface area contributed by atoms with Crippen molar-refractivity contribution in [3.05, 3.63) is 58.1 Å². The molecule has 0 unspecified atom stereocenters. The van der Waals surface area contributed by atoms with E-state index in [1.807, 2.05) is 47.1 Å². The minimum absolute atomic E-state index is 0.000432. The van der Waals surface area contributed by atoms with E-state index >= 15 is 0 Å². The van der Waals surface area contributed by atoms with E-state index in [4.69, 9.17) is 9.26 Å². The van der Waals surface area contributed by atoms with Crippen LogP contribution in [0.25, 0.3) is 0 Å². The molecule has 2 aliphatic rings. The maximum absolute atomic E-state index is 12.8. The molecule has 8 heteroatoms. The van der Waals surface area contributed by atoms with Gasteiger partial charge in [-0.3, -0.25) is 14.4 Å². The maximum Gasteiger partial charge on any atom is 0.280 e. The minimum atomic E-state index is -0.296. The lowest BCUT2D eigenvalue weighted by Gasteiger charge is -2.30. The van der Waals surface area contributed by atoms with Gasteiger partial charge in [-0.05, 0) is 12.5 Å². The number of nitrogens with zero attached hydrogens (tertiary/aromatic N) is 2. The molecule has 0 aliphatic carbocycles. The van der Waals surface area contributed by atoms with Gasteiger partial charge in [0.05, 0.1) is 6.04 Å². The summed E-state index contributed by atoms with van der Waals surface area (Å²) in [6.07, 6.45) is 0.688. The van der Waals surface area contributed by atoms with Crippen LogP contribution in [0.1, 0.15) is 30.7 Å². The van der Waals surface area contributed by atoms with E-state index in [0.717, 1.165) is 5.56 Å². The van der Waals surface area contributed by atoms with Crippen LogP contribution in [0.3, 0.4) is 0 Å². The van der Waals surface area contributed by atoms with Gasteiger partial charge in [-0.25, -0.2) is 0 Å². The van der Waals surface area contributed by atoms with Gasteiger partial charge in [-0.1, -0.05) is 30.3 Å². The summed E-state index contributed by atoms with van der Waals surface area (Å²) in [4.78, 5) is 40.5. The van der Waals surface area contributed by atoms with E-state index in [1.54, 1.807) is 0 Å². The second-order valence-electron chi connectivity index (χ2n) is 7.94. The Kier molecular flexibility index (Phi) is 6.03. The van der Waals surface area contributed by atoms with Crippen molar-refractivity contribution in [2.75, 3.05) is 32.8 Å². The number of benzene rings is 1. The fourth-order valence-electron chi connectivity index (χ4n) is 4.69. The van der Waals surface area contributed by atoms with Crippen molar-refractivity contribution in [2.24, 2.45) is 11.8 Å². The molecule has 8 nitrogen and oxygen atoms in total. The highest BCUT2D eigenvalue weighted by molar-refractivity contribution is 5.79. The summed E-state index contributed by atoms with van der Waals surface area (Å²) in [5.41, 5.74) is 0.800. The first-order valence-corrected chi connectivity index (χ1v) is 10.4. The van der Waals surface area contributed by atoms with Crippen LogP contribution in [0.4, 0.5) is 0 Å². The smallest absolute Gasteiger partial charge is 0.280 e. The molecule has 3 heterocycles. The van der Waals surface area contributed by atoms with Gasteiger partial charge >= 0.3 is 0 Å². The summed E-state index contributed by atoms with van der Waals surface area (Å²) in [5.74, 6) is 0.984. The molecule has 0 bridgehead atoms. The molecule has 0 spiro atoms. The Labute approximate surface area is 174 Å². The summed E-state index contributed by atoms with van der Waals surface area (Å²) in [6.45, 7) is 4.37. The van der Waals surface area contributed by atoms with Crippen molar-refractivity contribution in [1.82, 2.24) is 15.0 Å². The number of hydrogen-bond donors (Lipinski definition) is 1. The molecule has 2 amide bonds. The molecular weight excluding hydrogens is 386 g/mol. The highest BCUT2D eigenvalue weighted by Gasteiger charge is 2.49. The molecule has 2 aromatic rings. The third-order valence-corrected chi connectivity index (χ3v) is 6.07. The lowest BCUT2D eigenvalue weighted by Crippen LogP contribution is -2.39. The number of nitrogens with one attached hydrogen (secondary N) is 1. The molecule has 0 saturated carbocycles. The number of ether oxygens (including phenoxy) is 1. The summed E-state index contributed by atoms with van der Waals surface area (Å²) in [5, 5.41) is 2.25. The van der Waals surface area contributed by atoms with Crippen molar-refractivity contribution in [3.63, 3.8) is 0 Å². The highest BCUT2D eigenvalue weighted by Crippen LogP contribution is 2.45. The van der Waals surface area contributed by atoms with Crippen molar-refractivity contribution in [1.29, 1.82) is 0 Å². The number of H-pyrrole nitrogens is 1. The van der Waals surface area contributed by atoms with Gasteiger partial charge in [0, 0.05) is 57.0 Å². The predicted octanol–water partition coefficient (Wildman–Crippen LogP) is 1.60. The number of aryl methyl sites for hydroxylation is 1. The van der Waals surface area contributed by atoms with E-state index in [9.17, 15) is 14.4 Å². The van der Waals surface area contributed by atoms with Crippen LogP contribution >= 0.6 is 0 Å². The van der Waals surface area contributed by atoms with E-state index in [2.05, 4.69) is 5.16 Å². The van der Waals surface area contributed by atoms with Gasteiger partial charge in [-0.2, -0.15) is 5.16 Å². The predicted molar refractivity (Wildman–Crippen MR) is 109 cm³/mol. The van der Waals surface area contributed by atoms with Crippen molar-refractivity contribution in [2.45, 2.75) is 25.8 Å². The van der Waals surface area contributed by atoms with Crippen molar-refractivity contribution >= 4 is 11.8 Å². The second kappa shape index (κ2) is 8.87. The van der Waals surface area contributed by atoms with Crippen LogP contribution < -0.4 is 5.56 Å². The average Bonchev–Trinajstić information content (AvgIpc) is 3.44. The van der Waals surface area contributed by atoms with Gasteiger partial charge in [0.15, 0.2) is 0 Å². The zero-order valence-electron chi connectivity index (χ0n) is 17.1. The molecule has 2 saturated heterocycles. The normalized spacial score (nSPS) is 23.0. The SMILES string of the molecule is CCOCC(=O)N1C[C@@H]2CN(C(=O)CCc3cc(=O)[nH]o3)C[C@@H]2[C@H]1c1ccccc1. The Balaban J connectivity index is 1.45. The van der Waals surface area contributed by atoms with E-state index in [0.29, 0.717) is 44.8 Å². The van der Waals surface area contributed by atoms with Crippen LogP contribution in [0.5, 0.6) is 0 Å². The first-order chi connectivity index (χ1) is 14.6. The summed E-state index contributed by atoms with van der Waals surface area (Å²) in [6, 6.07) is 11.3. The quantitative estimate of drug-likeness (QED) is 0.744. The fraction of sp³-hybridized carbons (Fsp3) is 0.500. The third-order valence-electron chi connectivity index (χ3n) is 6.07. The fourth-order valence-corrected chi connectivity index (χ4v) is 4.69. The van der Waals surface area contributed by atoms with Gasteiger partial charge < -0.3 is 19.1 Å². The number of carbonyl (C=O) groups excluding carboxylic acids is 2. The standard InChI is InChI=1S/C22H27N3O5/c1-2-29-14-21(28)25-12-16-11-24(20(27)9-8-17-10-19(26)23-30-17)13-18(16)22(25)15-6-4-3-5-7-15/h3-7,10,16,18,22H,2,8-9,11-14H2,1H3,(H,23,26)/t16-,18-,22+/m0/s1. The van der Waals surface area contributed by atoms with Crippen molar-refractivity contribution < 1.29 is 18.8 Å². The monoisotopic (exact) mass is 413 g/mol. The number of rotatable bonds is 7. The molecule has 2 fully saturated rings. The van der Waals surface area contributed by atoms with Crippen molar-refractivity contribution in [3.8, 4) is 0 Å². The number of fused-ring (bicyclic) bond motifs is 1. The maximum atomic E-state index is 12.8. The molecule has 2 aliphatic heterocycles. The van der Waals surface area contributed by atoms with Crippen LogP contribution in [0.15, 0.2) is 45.7 Å². The average molecular weight is 413 g/mol. The Morgan fingerprint density at radius 3 is 2.67 bits per heavy atom. The molecule has 30 heavy (non-hydrogen) atoms. The van der Waals surface area contributed by atoms with Gasteiger partial charge in [0.2, 0.25) is 11.8 Å². The molecule has 3 atom stereocenters. The second-order valence-corrected chi connectivity index (χ2v) is 7.94. The number of amides is 2. The topological polar surface area (TPSA) is 95.9 Å². The Bertz CT molecular complexity index is 938. The highest BCUT2D eigenvalue weighted by atomic mass is 16.5. The van der Waals surface area contributed by atoms with E-state index in [1.165, 1.54) is 6.07 Å². The van der Waals surface area contributed by atoms with Gasteiger partial charge in [0.25, 0.3) is 5.56 Å². The third kappa shape index (κ3) is 4.18. The van der Waals surface area contributed by atoms with Crippen LogP contribution in [0.2, 0.25) is 0 Å². The minimum Gasteiger partial charge on any atom is -0.384 e. The Morgan fingerprint density at radius 1 is 1.17 bits per heavy atom. The molecule has 1 aromatic carbocycles. The first-order valence-electron chi connectivity index (χ1n) is 10.4. The summed E-state index contributed by atoms with van der Waals surface area (Å²) < 4.78 is 10.4. The summed E-state index contributed by atoms with van der Waals surface area (Å²) in [7, 11) is 0. The zero-order valence-corrected chi connectivity index (χ0v) is 17.1. The molecule has 4 rings (SSSR count). The molecule has 1 N–H and O–H groups in total. The number of aromatic amines is 1. The number of hydrogen-bond acceptors (Lipinski definition) is 5. The molecule has 1 aromatic heterocycles. The van der Waals surface area contributed by atoms with Gasteiger partial charge in [0.1, 0.15) is 12.4 Å². The van der Waals surface area contributed by atoms with Crippen LogP contribution in [-0.2, 0) is 20.7 Å².